The van der Waals surface area contributed by atoms with Crippen LogP contribution in [0.2, 0.25) is 5.02 Å². The predicted octanol–water partition coefficient (Wildman–Crippen LogP) is 3.58. The second-order valence-electron chi connectivity index (χ2n) is 6.07. The van der Waals surface area contributed by atoms with E-state index in [2.05, 4.69) is 20.7 Å². The van der Waals surface area contributed by atoms with E-state index in [0.717, 1.165) is 11.4 Å². The largest absolute Gasteiger partial charge is 0.504 e. The lowest BCUT2D eigenvalue weighted by atomic mass is 10.2. The molecule has 0 radical (unpaired) electrons. The number of aromatic hydroxyl groups is 1. The number of phenolic OH excluding ortho intramolecular Hbond substituents is 1. The van der Waals surface area contributed by atoms with Crippen LogP contribution in [-0.2, 0) is 11.3 Å². The fraction of sp³-hybridized carbons (Fsp3) is 0.200. The molecule has 2 N–H and O–H groups in total. The van der Waals surface area contributed by atoms with E-state index in [-0.39, 0.29) is 17.4 Å². The number of benzene rings is 2. The first-order valence-electron chi connectivity index (χ1n) is 9.02. The van der Waals surface area contributed by atoms with Gasteiger partial charge in [0.1, 0.15) is 0 Å². The predicted molar refractivity (Wildman–Crippen MR) is 117 cm³/mol. The number of halogens is 1. The molecule has 0 fully saturated rings. The van der Waals surface area contributed by atoms with E-state index in [4.69, 9.17) is 16.3 Å². The number of amides is 1. The summed E-state index contributed by atoms with van der Waals surface area (Å²) in [4.78, 5) is 12.1. The van der Waals surface area contributed by atoms with Gasteiger partial charge in [-0.2, -0.15) is 5.10 Å². The minimum Gasteiger partial charge on any atom is -0.504 e. The Morgan fingerprint density at radius 3 is 2.77 bits per heavy atom. The average molecular weight is 446 g/mol. The van der Waals surface area contributed by atoms with Crippen LogP contribution in [0, 0.1) is 0 Å². The van der Waals surface area contributed by atoms with E-state index in [1.165, 1.54) is 31.2 Å². The Hall–Kier alpha value is -3.04. The summed E-state index contributed by atoms with van der Waals surface area (Å²) in [6.07, 6.45) is 1.47. The zero-order valence-electron chi connectivity index (χ0n) is 16.4. The molecule has 0 saturated heterocycles. The molecule has 1 aromatic heterocycles. The van der Waals surface area contributed by atoms with Crippen LogP contribution >= 0.6 is 23.4 Å². The van der Waals surface area contributed by atoms with Crippen molar-refractivity contribution in [3.05, 3.63) is 53.1 Å². The van der Waals surface area contributed by atoms with Crippen LogP contribution in [0.5, 0.6) is 11.5 Å². The van der Waals surface area contributed by atoms with Crippen molar-refractivity contribution in [3.8, 4) is 22.9 Å². The number of nitrogens with zero attached hydrogens (tertiary/aromatic N) is 4. The van der Waals surface area contributed by atoms with Crippen LogP contribution in [0.25, 0.3) is 11.4 Å². The monoisotopic (exact) mass is 445 g/mol. The van der Waals surface area contributed by atoms with Gasteiger partial charge in [-0.3, -0.25) is 4.79 Å². The van der Waals surface area contributed by atoms with Crippen LogP contribution in [0.4, 0.5) is 0 Å². The summed E-state index contributed by atoms with van der Waals surface area (Å²) in [6.45, 7) is 2.65. The Kier molecular flexibility index (Phi) is 7.31. The summed E-state index contributed by atoms with van der Waals surface area (Å²) in [5, 5.41) is 23.3. The number of hydrogen-bond donors (Lipinski definition) is 2. The van der Waals surface area contributed by atoms with E-state index in [0.29, 0.717) is 28.0 Å². The van der Waals surface area contributed by atoms with Crippen molar-refractivity contribution >= 4 is 35.5 Å². The third-order valence-electron chi connectivity index (χ3n) is 4.07. The first kappa shape index (κ1) is 21.7. The van der Waals surface area contributed by atoms with Crippen LogP contribution in [0.15, 0.2) is 52.7 Å². The Labute approximate surface area is 182 Å². The number of nitrogens with one attached hydrogen (secondary N) is 1. The molecule has 0 aliphatic heterocycles. The van der Waals surface area contributed by atoms with Crippen molar-refractivity contribution in [2.45, 2.75) is 18.6 Å². The van der Waals surface area contributed by atoms with Gasteiger partial charge in [-0.25, -0.2) is 5.43 Å². The molecule has 3 aromatic rings. The molecule has 0 aliphatic carbocycles. The number of hydrazone groups is 1. The third kappa shape index (κ3) is 5.31. The molecule has 10 heteroatoms. The molecule has 30 heavy (non-hydrogen) atoms. The summed E-state index contributed by atoms with van der Waals surface area (Å²) in [5.41, 5.74) is 4.05. The lowest BCUT2D eigenvalue weighted by molar-refractivity contribution is -0.118. The number of hydrogen-bond acceptors (Lipinski definition) is 7. The average Bonchev–Trinajstić information content (AvgIpc) is 3.17. The van der Waals surface area contributed by atoms with Crippen LogP contribution in [0.3, 0.4) is 0 Å². The Bertz CT molecular complexity index is 1050. The first-order valence-corrected chi connectivity index (χ1v) is 10.4. The maximum atomic E-state index is 12.1. The highest BCUT2D eigenvalue weighted by molar-refractivity contribution is 7.99. The number of phenols is 1. The summed E-state index contributed by atoms with van der Waals surface area (Å²) in [7, 11) is 1.46. The van der Waals surface area contributed by atoms with Crippen molar-refractivity contribution in [3.63, 3.8) is 0 Å². The highest BCUT2D eigenvalue weighted by Gasteiger charge is 2.14. The smallest absolute Gasteiger partial charge is 0.250 e. The highest BCUT2D eigenvalue weighted by Crippen LogP contribution is 2.26. The minimum absolute atomic E-state index is 0.0353. The van der Waals surface area contributed by atoms with Crippen molar-refractivity contribution in [2.24, 2.45) is 5.10 Å². The Morgan fingerprint density at radius 2 is 2.07 bits per heavy atom. The molecule has 0 saturated carbocycles. The third-order valence-corrected chi connectivity index (χ3v) is 5.29. The number of thioether (sulfide) groups is 1. The zero-order chi connectivity index (χ0) is 21.5. The standard InChI is InChI=1S/C20H20ClN5O3S/c1-3-26-19(14-5-7-15(21)8-6-14)24-25-20(26)30-12-18(28)23-22-11-13-4-9-16(27)17(10-13)29-2/h4-11,27H,3,12H2,1-2H3,(H,23,28)/b22-11+. The lowest BCUT2D eigenvalue weighted by Crippen LogP contribution is -2.20. The van der Waals surface area contributed by atoms with Gasteiger partial charge in [0.05, 0.1) is 19.1 Å². The van der Waals surface area contributed by atoms with Crippen molar-refractivity contribution < 1.29 is 14.6 Å². The molecule has 0 aliphatic rings. The van der Waals surface area contributed by atoms with E-state index < -0.39 is 0 Å². The first-order chi connectivity index (χ1) is 14.5. The summed E-state index contributed by atoms with van der Waals surface area (Å²) >= 11 is 7.22. The van der Waals surface area contributed by atoms with Gasteiger partial charge in [0.25, 0.3) is 5.91 Å². The second-order valence-corrected chi connectivity index (χ2v) is 7.45. The van der Waals surface area contributed by atoms with E-state index >= 15 is 0 Å². The maximum absolute atomic E-state index is 12.1. The molecule has 3 rings (SSSR count). The molecule has 156 valence electrons. The molecule has 2 aromatic carbocycles. The summed E-state index contributed by atoms with van der Waals surface area (Å²) < 4.78 is 6.98. The van der Waals surface area contributed by atoms with Crippen molar-refractivity contribution in [2.75, 3.05) is 12.9 Å². The number of aromatic nitrogens is 3. The van der Waals surface area contributed by atoms with Crippen molar-refractivity contribution in [1.29, 1.82) is 0 Å². The zero-order valence-corrected chi connectivity index (χ0v) is 17.9. The van der Waals surface area contributed by atoms with Gasteiger partial charge < -0.3 is 14.4 Å². The van der Waals surface area contributed by atoms with Gasteiger partial charge in [0, 0.05) is 17.1 Å². The Balaban J connectivity index is 1.59. The van der Waals surface area contributed by atoms with Gasteiger partial charge in [-0.15, -0.1) is 10.2 Å². The van der Waals surface area contributed by atoms with Crippen molar-refractivity contribution in [1.82, 2.24) is 20.2 Å². The van der Waals surface area contributed by atoms with Gasteiger partial charge in [0.15, 0.2) is 22.5 Å². The highest BCUT2D eigenvalue weighted by atomic mass is 35.5. The number of rotatable bonds is 8. The molecule has 8 nitrogen and oxygen atoms in total. The molecule has 1 heterocycles. The molecular weight excluding hydrogens is 426 g/mol. The van der Waals surface area contributed by atoms with Gasteiger partial charge in [0.2, 0.25) is 0 Å². The number of methoxy groups -OCH3 is 1. The van der Waals surface area contributed by atoms with Crippen LogP contribution in [-0.4, -0.2) is 44.9 Å². The lowest BCUT2D eigenvalue weighted by Gasteiger charge is -2.07. The number of carbonyl (C=O) groups excluding carboxylic acids is 1. The topological polar surface area (TPSA) is 102 Å². The Morgan fingerprint density at radius 1 is 1.30 bits per heavy atom. The normalized spacial score (nSPS) is 11.0. The summed E-state index contributed by atoms with van der Waals surface area (Å²) in [6, 6.07) is 12.1. The minimum atomic E-state index is -0.277. The molecule has 0 unspecified atom stereocenters. The maximum Gasteiger partial charge on any atom is 0.250 e. The van der Waals surface area contributed by atoms with Gasteiger partial charge in [-0.05, 0) is 55.0 Å². The van der Waals surface area contributed by atoms with Crippen LogP contribution < -0.4 is 10.2 Å². The SMILES string of the molecule is CCn1c(SCC(=O)N/N=C/c2ccc(O)c(OC)c2)nnc1-c1ccc(Cl)cc1. The molecule has 0 bridgehead atoms. The molecule has 0 spiro atoms. The van der Waals surface area contributed by atoms with E-state index in [1.807, 2.05) is 23.6 Å². The van der Waals surface area contributed by atoms with Gasteiger partial charge >= 0.3 is 0 Å². The number of ether oxygens (including phenoxy) is 1. The molecule has 0 atom stereocenters. The van der Waals surface area contributed by atoms with E-state index in [9.17, 15) is 9.90 Å². The molecular formula is C20H20ClN5O3S. The number of carbonyl (C=O) groups is 1. The fourth-order valence-corrected chi connectivity index (χ4v) is 3.53. The summed E-state index contributed by atoms with van der Waals surface area (Å²) in [5.74, 6) is 0.941. The van der Waals surface area contributed by atoms with Crippen LogP contribution in [0.1, 0.15) is 12.5 Å². The fourth-order valence-electron chi connectivity index (χ4n) is 2.61. The van der Waals surface area contributed by atoms with Gasteiger partial charge in [-0.1, -0.05) is 23.4 Å². The van der Waals surface area contributed by atoms with E-state index in [1.54, 1.807) is 24.3 Å². The quantitative estimate of drug-likeness (QED) is 0.312. The molecule has 1 amide bonds. The second kappa shape index (κ2) is 10.1.